The lowest BCUT2D eigenvalue weighted by atomic mass is 10.1. The highest BCUT2D eigenvalue weighted by Gasteiger charge is 2.43. The molecule has 2 aliphatic heterocycles. The first-order valence-electron chi connectivity index (χ1n) is 13.2. The summed E-state index contributed by atoms with van der Waals surface area (Å²) in [4.78, 5) is 35.1. The van der Waals surface area contributed by atoms with Crippen LogP contribution in [0.3, 0.4) is 0 Å². The predicted octanol–water partition coefficient (Wildman–Crippen LogP) is 3.25. The Hall–Kier alpha value is -4.37. The number of hydrogen-bond acceptors (Lipinski definition) is 8. The summed E-state index contributed by atoms with van der Waals surface area (Å²) in [5, 5.41) is 4.46. The van der Waals surface area contributed by atoms with Gasteiger partial charge < -0.3 is 19.4 Å². The van der Waals surface area contributed by atoms with Crippen molar-refractivity contribution in [2.75, 3.05) is 24.5 Å². The van der Waals surface area contributed by atoms with E-state index in [2.05, 4.69) is 24.5 Å². The number of sulfonamides is 1. The van der Waals surface area contributed by atoms with Crippen LogP contribution in [-0.4, -0.2) is 64.3 Å². The number of ether oxygens (including phenoxy) is 2. The molecule has 0 aliphatic carbocycles. The quantitative estimate of drug-likeness (QED) is 0.341. The van der Waals surface area contributed by atoms with Crippen LogP contribution in [0.1, 0.15) is 25.3 Å². The first-order valence-corrected chi connectivity index (χ1v) is 14.7. The molecule has 2 aromatic carbocycles. The second-order valence-corrected chi connectivity index (χ2v) is 11.9. The Labute approximate surface area is 238 Å². The molecule has 15 heteroatoms. The number of aryl methyl sites for hydroxylation is 1. The van der Waals surface area contributed by atoms with Crippen molar-refractivity contribution < 1.29 is 31.5 Å². The summed E-state index contributed by atoms with van der Waals surface area (Å²) in [6.07, 6.45) is -0.830. The van der Waals surface area contributed by atoms with E-state index in [-0.39, 0.29) is 34.1 Å². The molecule has 1 fully saturated rings. The monoisotopic (exact) mass is 600 g/mol. The molecule has 0 bridgehead atoms. The molecule has 0 radical (unpaired) electrons. The molecule has 2 aliphatic rings. The first kappa shape index (κ1) is 27.8. The maximum absolute atomic E-state index is 13.5. The molecular formula is C27H26F2N6O6S. The number of aromatic amines is 1. The van der Waals surface area contributed by atoms with Crippen LogP contribution < -0.4 is 19.9 Å². The standard InChI is InChI=1S/C27H26F2N6O6S/c1-3-34(18-7-8-19-20(13-18)41-27(28,29)40-19)22(36)14-35-26(37)25-24(30-15-31-25)23(32-35)17-6-9-21(16(2)12-17)42(38,39)33-10-4-5-11-33/h6-9,12-13,15H,3-5,10-11,14H2,1-2H3,(H,30,31). The summed E-state index contributed by atoms with van der Waals surface area (Å²) in [6.45, 7) is 4.02. The van der Waals surface area contributed by atoms with Gasteiger partial charge >= 0.3 is 6.29 Å². The van der Waals surface area contributed by atoms with Crippen LogP contribution >= 0.6 is 0 Å². The molecule has 12 nitrogen and oxygen atoms in total. The number of nitrogens with one attached hydrogen (secondary N) is 1. The highest BCUT2D eigenvalue weighted by molar-refractivity contribution is 7.89. The first-order chi connectivity index (χ1) is 20.0. The van der Waals surface area contributed by atoms with Gasteiger partial charge in [-0.2, -0.15) is 9.40 Å². The highest BCUT2D eigenvalue weighted by Crippen LogP contribution is 2.43. The third kappa shape index (κ3) is 4.77. The van der Waals surface area contributed by atoms with Crippen molar-refractivity contribution in [2.45, 2.75) is 44.4 Å². The number of halogens is 2. The van der Waals surface area contributed by atoms with Gasteiger partial charge in [-0.05, 0) is 56.5 Å². The minimum absolute atomic E-state index is 0.0487. The van der Waals surface area contributed by atoms with Gasteiger partial charge in [-0.15, -0.1) is 8.78 Å². The normalized spacial score (nSPS) is 16.3. The number of alkyl halides is 2. The molecule has 0 atom stereocenters. The van der Waals surface area contributed by atoms with Gasteiger partial charge in [0.2, 0.25) is 15.9 Å². The molecule has 220 valence electrons. The molecule has 42 heavy (non-hydrogen) atoms. The van der Waals surface area contributed by atoms with Crippen LogP contribution in [0.5, 0.6) is 11.5 Å². The molecule has 0 spiro atoms. The van der Waals surface area contributed by atoms with Crippen molar-refractivity contribution in [1.82, 2.24) is 24.1 Å². The molecule has 1 N–H and O–H groups in total. The number of H-pyrrole nitrogens is 1. The number of imidazole rings is 1. The number of likely N-dealkylation sites (N-methyl/N-ethyl adjacent to an activating group) is 1. The zero-order valence-corrected chi connectivity index (χ0v) is 23.5. The molecule has 6 rings (SSSR count). The van der Waals surface area contributed by atoms with E-state index in [4.69, 9.17) is 0 Å². The number of benzene rings is 2. The lowest BCUT2D eigenvalue weighted by Crippen LogP contribution is -2.37. The summed E-state index contributed by atoms with van der Waals surface area (Å²) >= 11 is 0. The Balaban J connectivity index is 1.33. The van der Waals surface area contributed by atoms with Gasteiger partial charge in [0.1, 0.15) is 12.2 Å². The number of carbonyl (C=O) groups excluding carboxylic acids is 1. The zero-order chi connectivity index (χ0) is 29.8. The summed E-state index contributed by atoms with van der Waals surface area (Å²) < 4.78 is 64.7. The Kier molecular flexibility index (Phi) is 6.73. The minimum atomic E-state index is -3.80. The number of rotatable bonds is 7. The van der Waals surface area contributed by atoms with Crippen molar-refractivity contribution in [3.63, 3.8) is 0 Å². The van der Waals surface area contributed by atoms with E-state index in [1.54, 1.807) is 26.0 Å². The molecule has 4 heterocycles. The lowest BCUT2D eigenvalue weighted by Gasteiger charge is -2.21. The lowest BCUT2D eigenvalue weighted by molar-refractivity contribution is -0.286. The van der Waals surface area contributed by atoms with Gasteiger partial charge in [-0.25, -0.2) is 18.1 Å². The third-order valence-corrected chi connectivity index (χ3v) is 9.32. The summed E-state index contributed by atoms with van der Waals surface area (Å²) in [5.74, 6) is -0.917. The number of amides is 1. The summed E-state index contributed by atoms with van der Waals surface area (Å²) in [7, 11) is -3.65. The molecule has 1 amide bonds. The molecule has 2 aromatic heterocycles. The van der Waals surface area contributed by atoms with E-state index in [0.717, 1.165) is 17.5 Å². The topological polar surface area (TPSA) is 140 Å². The Morgan fingerprint density at radius 3 is 2.57 bits per heavy atom. The van der Waals surface area contributed by atoms with Crippen LogP contribution in [0.4, 0.5) is 14.5 Å². The van der Waals surface area contributed by atoms with Crippen molar-refractivity contribution in [3.8, 4) is 22.8 Å². The van der Waals surface area contributed by atoms with Crippen LogP contribution in [0, 0.1) is 6.92 Å². The van der Waals surface area contributed by atoms with E-state index in [1.807, 2.05) is 0 Å². The SMILES string of the molecule is CCN(C(=O)Cn1nc(-c2ccc(S(=O)(=O)N3CCCC3)c(C)c2)c2[nH]cnc2c1=O)c1ccc2c(c1)OC(F)(F)O2. The van der Waals surface area contributed by atoms with E-state index in [9.17, 15) is 26.8 Å². The number of aromatic nitrogens is 4. The number of hydrogen-bond donors (Lipinski definition) is 1. The Bertz CT molecular complexity index is 1880. The fraction of sp³-hybridized carbons (Fsp3) is 0.333. The maximum Gasteiger partial charge on any atom is 0.586 e. The van der Waals surface area contributed by atoms with Crippen LogP contribution in [0.2, 0.25) is 0 Å². The second kappa shape index (κ2) is 10.2. The number of anilines is 1. The van der Waals surface area contributed by atoms with E-state index >= 15 is 0 Å². The molecule has 0 unspecified atom stereocenters. The van der Waals surface area contributed by atoms with E-state index in [1.165, 1.54) is 39.8 Å². The number of fused-ring (bicyclic) bond motifs is 2. The van der Waals surface area contributed by atoms with Crippen molar-refractivity contribution in [2.24, 2.45) is 0 Å². The molecule has 0 saturated carbocycles. The third-order valence-electron chi connectivity index (χ3n) is 7.26. The highest BCUT2D eigenvalue weighted by atomic mass is 32.2. The van der Waals surface area contributed by atoms with Crippen LogP contribution in [0.25, 0.3) is 22.3 Å². The zero-order valence-electron chi connectivity index (χ0n) is 22.6. The maximum atomic E-state index is 13.5. The van der Waals surface area contributed by atoms with Crippen molar-refractivity contribution in [3.05, 3.63) is 58.6 Å². The summed E-state index contributed by atoms with van der Waals surface area (Å²) in [5.41, 5.74) is 1.36. The van der Waals surface area contributed by atoms with Gasteiger partial charge in [-0.3, -0.25) is 9.59 Å². The van der Waals surface area contributed by atoms with Gasteiger partial charge in [0, 0.05) is 37.0 Å². The summed E-state index contributed by atoms with van der Waals surface area (Å²) in [6, 6.07) is 8.76. The number of carbonyl (C=O) groups is 1. The van der Waals surface area contributed by atoms with Gasteiger partial charge in [0.05, 0.1) is 16.7 Å². The largest absolute Gasteiger partial charge is 0.586 e. The Morgan fingerprint density at radius 2 is 1.86 bits per heavy atom. The van der Waals surface area contributed by atoms with Gasteiger partial charge in [0.15, 0.2) is 17.0 Å². The average molecular weight is 601 g/mol. The van der Waals surface area contributed by atoms with Gasteiger partial charge in [0.25, 0.3) is 5.56 Å². The molecule has 4 aromatic rings. The Morgan fingerprint density at radius 1 is 1.12 bits per heavy atom. The minimum Gasteiger partial charge on any atom is -0.395 e. The fourth-order valence-electron chi connectivity index (χ4n) is 5.26. The van der Waals surface area contributed by atoms with Crippen molar-refractivity contribution >= 4 is 32.7 Å². The fourth-order valence-corrected chi connectivity index (χ4v) is 6.98. The average Bonchev–Trinajstić information content (AvgIpc) is 3.70. The van der Waals surface area contributed by atoms with Crippen molar-refractivity contribution in [1.29, 1.82) is 0 Å². The van der Waals surface area contributed by atoms with E-state index < -0.39 is 34.3 Å². The van der Waals surface area contributed by atoms with Crippen LogP contribution in [-0.2, 0) is 21.4 Å². The van der Waals surface area contributed by atoms with Gasteiger partial charge in [-0.1, -0.05) is 6.07 Å². The smallest absolute Gasteiger partial charge is 0.395 e. The number of nitrogens with zero attached hydrogens (tertiary/aromatic N) is 5. The molecule has 1 saturated heterocycles. The second-order valence-electron chi connectivity index (χ2n) is 9.97. The molecular weight excluding hydrogens is 574 g/mol. The van der Waals surface area contributed by atoms with E-state index in [0.29, 0.717) is 35.4 Å². The predicted molar refractivity (Wildman–Crippen MR) is 147 cm³/mol. The van der Waals surface area contributed by atoms with Crippen LogP contribution in [0.15, 0.2) is 52.4 Å².